The molecule has 1 N–H and O–H groups in total. The number of sulfonamides is 1. The maximum atomic E-state index is 13.5. The molecule has 3 aromatic rings. The van der Waals surface area contributed by atoms with Gasteiger partial charge in [-0.25, -0.2) is 8.42 Å². The number of nitrogens with one attached hydrogen (secondary N) is 1. The molecule has 0 radical (unpaired) electrons. The number of anilines is 1. The van der Waals surface area contributed by atoms with Crippen molar-refractivity contribution >= 4 is 21.6 Å². The Balaban J connectivity index is 1.46. The van der Waals surface area contributed by atoms with E-state index in [2.05, 4.69) is 5.32 Å². The van der Waals surface area contributed by atoms with Gasteiger partial charge in [0.25, 0.3) is 15.9 Å². The molecular weight excluding hydrogens is 468 g/mol. The molecule has 0 aromatic heterocycles. The van der Waals surface area contributed by atoms with Gasteiger partial charge in [0.1, 0.15) is 23.9 Å². The largest absolute Gasteiger partial charge is 0.497 e. The molecule has 1 aliphatic rings. The van der Waals surface area contributed by atoms with Crippen molar-refractivity contribution in [2.24, 2.45) is 0 Å². The van der Waals surface area contributed by atoms with Gasteiger partial charge in [0.05, 0.1) is 30.8 Å². The first kappa shape index (κ1) is 24.4. The van der Waals surface area contributed by atoms with E-state index in [1.807, 2.05) is 19.9 Å². The lowest BCUT2D eigenvalue weighted by Gasteiger charge is -2.35. The smallest absolute Gasteiger partial charge is 0.264 e. The quantitative estimate of drug-likeness (QED) is 0.480. The van der Waals surface area contributed by atoms with Gasteiger partial charge in [0.2, 0.25) is 0 Å². The van der Waals surface area contributed by atoms with Crippen LogP contribution in [0.3, 0.4) is 0 Å². The summed E-state index contributed by atoms with van der Waals surface area (Å²) >= 11 is 0. The van der Waals surface area contributed by atoms with E-state index in [9.17, 15) is 13.2 Å². The Labute approximate surface area is 205 Å². The molecule has 0 unspecified atom stereocenters. The topological polar surface area (TPSA) is 94.2 Å². The first-order valence-corrected chi connectivity index (χ1v) is 12.6. The van der Waals surface area contributed by atoms with Gasteiger partial charge in [-0.3, -0.25) is 9.10 Å². The van der Waals surface area contributed by atoms with Crippen LogP contribution in [0.1, 0.15) is 11.1 Å². The molecule has 184 valence electrons. The lowest BCUT2D eigenvalue weighted by molar-refractivity contribution is -0.127. The van der Waals surface area contributed by atoms with Crippen molar-refractivity contribution in [1.82, 2.24) is 5.32 Å². The zero-order chi connectivity index (χ0) is 25.0. The van der Waals surface area contributed by atoms with Crippen LogP contribution in [0.2, 0.25) is 0 Å². The van der Waals surface area contributed by atoms with E-state index >= 15 is 0 Å². The zero-order valence-electron chi connectivity index (χ0n) is 19.9. The third-order valence-corrected chi connectivity index (χ3v) is 7.41. The SMILES string of the molecule is COc1ccc(OCCNC(=O)[C@H]2CN(S(=O)(=O)c3ccc(C)cc3)c3cc(C)ccc3O2)cc1. The third kappa shape index (κ3) is 5.51. The van der Waals surface area contributed by atoms with Gasteiger partial charge < -0.3 is 19.5 Å². The highest BCUT2D eigenvalue weighted by Gasteiger charge is 2.37. The van der Waals surface area contributed by atoms with Crippen molar-refractivity contribution in [3.63, 3.8) is 0 Å². The average Bonchev–Trinajstić information content (AvgIpc) is 2.86. The van der Waals surface area contributed by atoms with Gasteiger partial charge in [0.15, 0.2) is 6.10 Å². The van der Waals surface area contributed by atoms with Gasteiger partial charge >= 0.3 is 0 Å². The molecule has 1 aliphatic heterocycles. The van der Waals surface area contributed by atoms with Crippen LogP contribution in [-0.4, -0.2) is 47.2 Å². The Morgan fingerprint density at radius 1 is 1.00 bits per heavy atom. The fourth-order valence-electron chi connectivity index (χ4n) is 3.69. The maximum absolute atomic E-state index is 13.5. The van der Waals surface area contributed by atoms with Gasteiger partial charge in [-0.1, -0.05) is 23.8 Å². The predicted molar refractivity (Wildman–Crippen MR) is 133 cm³/mol. The molecule has 0 aliphatic carbocycles. The molecule has 0 saturated heterocycles. The highest BCUT2D eigenvalue weighted by atomic mass is 32.2. The maximum Gasteiger partial charge on any atom is 0.264 e. The van der Waals surface area contributed by atoms with Gasteiger partial charge in [-0.05, 0) is 67.9 Å². The van der Waals surface area contributed by atoms with Crippen LogP contribution in [-0.2, 0) is 14.8 Å². The molecule has 4 rings (SSSR count). The number of nitrogens with zero attached hydrogens (tertiary/aromatic N) is 1. The highest BCUT2D eigenvalue weighted by molar-refractivity contribution is 7.92. The molecule has 8 nitrogen and oxygen atoms in total. The molecule has 35 heavy (non-hydrogen) atoms. The first-order chi connectivity index (χ1) is 16.8. The zero-order valence-corrected chi connectivity index (χ0v) is 20.7. The Morgan fingerprint density at radius 2 is 1.66 bits per heavy atom. The second-order valence-electron chi connectivity index (χ2n) is 8.24. The molecule has 3 aromatic carbocycles. The molecule has 9 heteroatoms. The van der Waals surface area contributed by atoms with Crippen molar-refractivity contribution in [3.8, 4) is 17.2 Å². The van der Waals surface area contributed by atoms with E-state index in [4.69, 9.17) is 14.2 Å². The minimum absolute atomic E-state index is 0.141. The van der Waals surface area contributed by atoms with Crippen LogP contribution in [0.15, 0.2) is 71.6 Å². The van der Waals surface area contributed by atoms with E-state index < -0.39 is 22.0 Å². The summed E-state index contributed by atoms with van der Waals surface area (Å²) in [7, 11) is -2.32. The summed E-state index contributed by atoms with van der Waals surface area (Å²) in [6, 6.07) is 19.0. The number of fused-ring (bicyclic) bond motifs is 1. The van der Waals surface area contributed by atoms with E-state index in [1.165, 1.54) is 4.31 Å². The van der Waals surface area contributed by atoms with E-state index in [-0.39, 0.29) is 24.6 Å². The number of rotatable bonds is 8. The summed E-state index contributed by atoms with van der Waals surface area (Å²) in [4.78, 5) is 13.1. The minimum atomic E-state index is -3.90. The van der Waals surface area contributed by atoms with Crippen LogP contribution in [0.5, 0.6) is 17.2 Å². The van der Waals surface area contributed by atoms with Crippen LogP contribution < -0.4 is 23.8 Å². The number of methoxy groups -OCH3 is 1. The fraction of sp³-hybridized carbons (Fsp3) is 0.269. The summed E-state index contributed by atoms with van der Waals surface area (Å²) in [5.41, 5.74) is 2.25. The van der Waals surface area contributed by atoms with Gasteiger partial charge in [-0.15, -0.1) is 0 Å². The molecule has 0 spiro atoms. The number of aryl methyl sites for hydroxylation is 2. The number of hydrogen-bond acceptors (Lipinski definition) is 6. The van der Waals surface area contributed by atoms with Crippen molar-refractivity contribution < 1.29 is 27.4 Å². The number of hydrogen-bond donors (Lipinski definition) is 1. The van der Waals surface area contributed by atoms with Crippen molar-refractivity contribution in [1.29, 1.82) is 0 Å². The average molecular weight is 497 g/mol. The van der Waals surface area contributed by atoms with Crippen LogP contribution >= 0.6 is 0 Å². The summed E-state index contributed by atoms with van der Waals surface area (Å²) in [5, 5.41) is 2.77. The van der Waals surface area contributed by atoms with E-state index in [0.29, 0.717) is 17.2 Å². The van der Waals surface area contributed by atoms with E-state index in [1.54, 1.807) is 67.8 Å². The molecule has 1 atom stereocenters. The second-order valence-corrected chi connectivity index (χ2v) is 10.1. The lowest BCUT2D eigenvalue weighted by Crippen LogP contribution is -2.51. The van der Waals surface area contributed by atoms with Crippen LogP contribution in [0.25, 0.3) is 0 Å². The normalized spacial score (nSPS) is 15.1. The molecule has 0 fully saturated rings. The number of ether oxygens (including phenoxy) is 3. The van der Waals surface area contributed by atoms with E-state index in [0.717, 1.165) is 16.9 Å². The minimum Gasteiger partial charge on any atom is -0.497 e. The fourth-order valence-corrected chi connectivity index (χ4v) is 5.16. The third-order valence-electron chi connectivity index (χ3n) is 5.61. The Morgan fingerprint density at radius 3 is 2.34 bits per heavy atom. The summed E-state index contributed by atoms with van der Waals surface area (Å²) in [6.45, 7) is 4.10. The first-order valence-electron chi connectivity index (χ1n) is 11.2. The molecule has 0 bridgehead atoms. The molecule has 0 saturated carbocycles. The number of benzene rings is 3. The Hall–Kier alpha value is -3.72. The predicted octanol–water partition coefficient (Wildman–Crippen LogP) is 3.46. The standard InChI is InChI=1S/C26H28N2O6S/c1-18-4-11-22(12-5-18)35(30,31)28-17-25(34-24-13-6-19(2)16-23(24)28)26(29)27-14-15-33-21-9-7-20(32-3)8-10-21/h4-13,16,25H,14-15,17H2,1-3H3,(H,27,29)/t25-/m1/s1. The van der Waals surface area contributed by atoms with Crippen molar-refractivity contribution in [2.45, 2.75) is 24.8 Å². The van der Waals surface area contributed by atoms with Crippen molar-refractivity contribution in [2.75, 3.05) is 31.1 Å². The highest BCUT2D eigenvalue weighted by Crippen LogP contribution is 2.37. The number of carbonyl (C=O) groups is 1. The molecular formula is C26H28N2O6S. The Kier molecular flexibility index (Phi) is 7.16. The number of amides is 1. The summed E-state index contributed by atoms with van der Waals surface area (Å²) < 4.78 is 44.9. The Bertz CT molecular complexity index is 1290. The lowest BCUT2D eigenvalue weighted by atomic mass is 10.1. The second kappa shape index (κ2) is 10.3. The van der Waals surface area contributed by atoms with Crippen LogP contribution in [0.4, 0.5) is 5.69 Å². The van der Waals surface area contributed by atoms with Gasteiger partial charge in [-0.2, -0.15) is 0 Å². The molecule has 1 amide bonds. The number of carbonyl (C=O) groups excluding carboxylic acids is 1. The summed E-state index contributed by atoms with van der Waals surface area (Å²) in [6.07, 6.45) is -1.01. The molecule has 1 heterocycles. The monoisotopic (exact) mass is 496 g/mol. The summed E-state index contributed by atoms with van der Waals surface area (Å²) in [5.74, 6) is 1.29. The van der Waals surface area contributed by atoms with Crippen molar-refractivity contribution in [3.05, 3.63) is 77.9 Å². The van der Waals surface area contributed by atoms with Gasteiger partial charge in [0, 0.05) is 0 Å². The van der Waals surface area contributed by atoms with Crippen LogP contribution in [0, 0.1) is 13.8 Å².